The van der Waals surface area contributed by atoms with Gasteiger partial charge in [0.1, 0.15) is 0 Å². The Balaban J connectivity index is 1.77. The van der Waals surface area contributed by atoms with Gasteiger partial charge in [-0.2, -0.15) is 0 Å². The number of likely N-dealkylation sites (tertiary alicyclic amines) is 1. The van der Waals surface area contributed by atoms with E-state index in [0.717, 1.165) is 24.8 Å². The molecule has 112 valence electrons. The highest BCUT2D eigenvalue weighted by Gasteiger charge is 2.51. The maximum atomic E-state index is 12.5. The van der Waals surface area contributed by atoms with Crippen molar-refractivity contribution in [2.45, 2.75) is 32.7 Å². The van der Waals surface area contributed by atoms with Crippen molar-refractivity contribution < 1.29 is 9.59 Å². The number of anilines is 1. The molecule has 4 nitrogen and oxygen atoms in total. The summed E-state index contributed by atoms with van der Waals surface area (Å²) in [5.41, 5.74) is 7.08. The van der Waals surface area contributed by atoms with E-state index >= 15 is 0 Å². The first kappa shape index (κ1) is 14.4. The number of fused-ring (bicyclic) bond motifs is 1. The van der Waals surface area contributed by atoms with Gasteiger partial charge >= 0.3 is 0 Å². The van der Waals surface area contributed by atoms with Crippen molar-refractivity contribution in [1.29, 1.82) is 0 Å². The van der Waals surface area contributed by atoms with E-state index in [-0.39, 0.29) is 23.7 Å². The summed E-state index contributed by atoms with van der Waals surface area (Å²) in [4.78, 5) is 26.3. The molecule has 3 rings (SSSR count). The van der Waals surface area contributed by atoms with Crippen molar-refractivity contribution in [2.24, 2.45) is 17.8 Å². The Morgan fingerprint density at radius 1 is 1.24 bits per heavy atom. The summed E-state index contributed by atoms with van der Waals surface area (Å²) in [5, 5.41) is 0.487. The van der Waals surface area contributed by atoms with Gasteiger partial charge in [0.25, 0.3) is 0 Å². The lowest BCUT2D eigenvalue weighted by atomic mass is 10.00. The van der Waals surface area contributed by atoms with Gasteiger partial charge in [0.15, 0.2) is 0 Å². The Labute approximate surface area is 129 Å². The smallest absolute Gasteiger partial charge is 0.233 e. The first-order valence-corrected chi connectivity index (χ1v) is 7.78. The van der Waals surface area contributed by atoms with Gasteiger partial charge in [-0.05, 0) is 36.5 Å². The fourth-order valence-electron chi connectivity index (χ4n) is 3.56. The lowest BCUT2D eigenvalue weighted by Crippen LogP contribution is -2.31. The molecule has 2 unspecified atom stereocenters. The molecule has 2 fully saturated rings. The third-order valence-corrected chi connectivity index (χ3v) is 5.15. The van der Waals surface area contributed by atoms with E-state index in [4.69, 9.17) is 17.3 Å². The summed E-state index contributed by atoms with van der Waals surface area (Å²) in [6.45, 7) is 2.41. The minimum absolute atomic E-state index is 0.0190. The molecule has 2 N–H and O–H groups in total. The van der Waals surface area contributed by atoms with Gasteiger partial charge < -0.3 is 5.73 Å². The second-order valence-corrected chi connectivity index (χ2v) is 6.48. The molecule has 2 aliphatic rings. The van der Waals surface area contributed by atoms with E-state index in [1.54, 1.807) is 12.1 Å². The van der Waals surface area contributed by atoms with E-state index in [9.17, 15) is 9.59 Å². The maximum absolute atomic E-state index is 12.5. The van der Waals surface area contributed by atoms with Crippen molar-refractivity contribution in [3.8, 4) is 0 Å². The van der Waals surface area contributed by atoms with E-state index in [1.165, 1.54) is 4.90 Å². The van der Waals surface area contributed by atoms with Gasteiger partial charge in [0, 0.05) is 0 Å². The van der Waals surface area contributed by atoms with E-state index in [1.807, 2.05) is 6.07 Å². The molecule has 1 heterocycles. The standard InChI is InChI=1S/C16H19ClN2O2/c1-2-9-5-11-12(6-9)16(21)19(15(11)20)8-10-3-4-13(17)14(18)7-10/h3-4,7,9,11-12H,2,5-6,8,18H2,1H3. The Morgan fingerprint density at radius 2 is 1.86 bits per heavy atom. The van der Waals surface area contributed by atoms with Crippen LogP contribution in [0.4, 0.5) is 5.69 Å². The first-order valence-electron chi connectivity index (χ1n) is 7.40. The average molecular weight is 307 g/mol. The van der Waals surface area contributed by atoms with Gasteiger partial charge in [-0.3, -0.25) is 14.5 Å². The summed E-state index contributed by atoms with van der Waals surface area (Å²) in [5.74, 6) is 0.268. The highest BCUT2D eigenvalue weighted by Crippen LogP contribution is 2.44. The van der Waals surface area contributed by atoms with Gasteiger partial charge in [-0.15, -0.1) is 0 Å². The number of carbonyl (C=O) groups excluding carboxylic acids is 2. The van der Waals surface area contributed by atoms with Crippen LogP contribution in [0.25, 0.3) is 0 Å². The number of imide groups is 1. The Bertz CT molecular complexity index is 578. The molecule has 1 saturated carbocycles. The molecule has 1 aromatic carbocycles. The summed E-state index contributed by atoms with van der Waals surface area (Å²) < 4.78 is 0. The molecular weight excluding hydrogens is 288 g/mol. The van der Waals surface area contributed by atoms with E-state index in [0.29, 0.717) is 23.2 Å². The topological polar surface area (TPSA) is 63.4 Å². The van der Waals surface area contributed by atoms with Crippen LogP contribution in [0.3, 0.4) is 0 Å². The van der Waals surface area contributed by atoms with E-state index in [2.05, 4.69) is 6.92 Å². The predicted octanol–water partition coefficient (Wildman–Crippen LogP) is 2.84. The lowest BCUT2D eigenvalue weighted by Gasteiger charge is -2.18. The van der Waals surface area contributed by atoms with Gasteiger partial charge in [-0.25, -0.2) is 0 Å². The van der Waals surface area contributed by atoms with Crippen molar-refractivity contribution in [3.05, 3.63) is 28.8 Å². The van der Waals surface area contributed by atoms with Crippen LogP contribution < -0.4 is 5.73 Å². The maximum Gasteiger partial charge on any atom is 0.233 e. The monoisotopic (exact) mass is 306 g/mol. The van der Waals surface area contributed by atoms with Crippen molar-refractivity contribution in [1.82, 2.24) is 4.90 Å². The first-order chi connectivity index (χ1) is 10.0. The molecule has 1 aliphatic heterocycles. The van der Waals surface area contributed by atoms with Crippen LogP contribution in [-0.2, 0) is 16.1 Å². The predicted molar refractivity (Wildman–Crippen MR) is 81.4 cm³/mol. The number of hydrogen-bond acceptors (Lipinski definition) is 3. The van der Waals surface area contributed by atoms with Crippen LogP contribution in [-0.4, -0.2) is 16.7 Å². The number of amides is 2. The largest absolute Gasteiger partial charge is 0.398 e. The van der Waals surface area contributed by atoms with Gasteiger partial charge in [0.2, 0.25) is 11.8 Å². The molecule has 0 bridgehead atoms. The minimum Gasteiger partial charge on any atom is -0.398 e. The Morgan fingerprint density at radius 3 is 2.38 bits per heavy atom. The van der Waals surface area contributed by atoms with Gasteiger partial charge in [-0.1, -0.05) is 31.0 Å². The number of halogens is 1. The van der Waals surface area contributed by atoms with Crippen molar-refractivity contribution in [2.75, 3.05) is 5.73 Å². The summed E-state index contributed by atoms with van der Waals surface area (Å²) in [7, 11) is 0. The second kappa shape index (κ2) is 5.34. The number of nitrogen functional groups attached to an aromatic ring is 1. The number of carbonyl (C=O) groups is 2. The molecule has 2 amide bonds. The van der Waals surface area contributed by atoms with Crippen LogP contribution in [0.15, 0.2) is 18.2 Å². The SMILES string of the molecule is CCC1CC2C(=O)N(Cc3ccc(Cl)c(N)c3)C(=O)C2C1. The zero-order valence-electron chi connectivity index (χ0n) is 12.0. The molecule has 2 atom stereocenters. The van der Waals surface area contributed by atoms with Crippen LogP contribution in [0.5, 0.6) is 0 Å². The normalized spacial score (nSPS) is 28.3. The van der Waals surface area contributed by atoms with Crippen molar-refractivity contribution in [3.63, 3.8) is 0 Å². The molecule has 5 heteroatoms. The quantitative estimate of drug-likeness (QED) is 0.690. The Kier molecular flexibility index (Phi) is 3.66. The number of hydrogen-bond donors (Lipinski definition) is 1. The molecule has 0 aromatic heterocycles. The zero-order chi connectivity index (χ0) is 15.1. The van der Waals surface area contributed by atoms with Crippen LogP contribution in [0.1, 0.15) is 31.7 Å². The minimum atomic E-state index is -0.105. The second-order valence-electron chi connectivity index (χ2n) is 6.08. The summed E-state index contributed by atoms with van der Waals surface area (Å²) in [6, 6.07) is 5.24. The number of benzene rings is 1. The molecule has 1 aromatic rings. The highest BCUT2D eigenvalue weighted by atomic mass is 35.5. The fourth-order valence-corrected chi connectivity index (χ4v) is 3.68. The number of rotatable bonds is 3. The molecule has 1 aliphatic carbocycles. The third-order valence-electron chi connectivity index (χ3n) is 4.81. The Hall–Kier alpha value is -1.55. The van der Waals surface area contributed by atoms with Crippen LogP contribution in [0.2, 0.25) is 5.02 Å². The zero-order valence-corrected chi connectivity index (χ0v) is 12.8. The molecule has 21 heavy (non-hydrogen) atoms. The molecule has 1 saturated heterocycles. The number of nitrogens with two attached hydrogens (primary N) is 1. The molecular formula is C16H19ClN2O2. The van der Waals surface area contributed by atoms with Gasteiger partial charge in [0.05, 0.1) is 29.1 Å². The fraction of sp³-hybridized carbons (Fsp3) is 0.500. The molecule has 0 radical (unpaired) electrons. The summed E-state index contributed by atoms with van der Waals surface area (Å²) >= 11 is 5.89. The molecule has 0 spiro atoms. The van der Waals surface area contributed by atoms with E-state index < -0.39 is 0 Å². The third kappa shape index (κ3) is 2.42. The van der Waals surface area contributed by atoms with Crippen LogP contribution >= 0.6 is 11.6 Å². The number of nitrogens with zero attached hydrogens (tertiary/aromatic N) is 1. The average Bonchev–Trinajstić information content (AvgIpc) is 2.98. The van der Waals surface area contributed by atoms with Crippen molar-refractivity contribution >= 4 is 29.1 Å². The summed E-state index contributed by atoms with van der Waals surface area (Å²) in [6.07, 6.45) is 2.75. The lowest BCUT2D eigenvalue weighted by molar-refractivity contribution is -0.141. The highest BCUT2D eigenvalue weighted by molar-refractivity contribution is 6.33. The van der Waals surface area contributed by atoms with Crippen LogP contribution in [0, 0.1) is 17.8 Å².